The molecule has 0 saturated heterocycles. The monoisotopic (exact) mass is 526 g/mol. The molecule has 0 aliphatic heterocycles. The van der Waals surface area contributed by atoms with Crippen LogP contribution in [0.15, 0.2) is 72.3 Å². The molecule has 0 unspecified atom stereocenters. The van der Waals surface area contributed by atoms with Gasteiger partial charge in [0, 0.05) is 6.42 Å². The highest BCUT2D eigenvalue weighted by molar-refractivity contribution is 6.99. The van der Waals surface area contributed by atoms with Crippen LogP contribution in [0, 0.1) is 28.6 Å². The van der Waals surface area contributed by atoms with Crippen molar-refractivity contribution < 1.29 is 9.22 Å². The minimum atomic E-state index is -2.58. The minimum absolute atomic E-state index is 0.00794. The van der Waals surface area contributed by atoms with Crippen LogP contribution in [0.25, 0.3) is 0 Å². The SMILES string of the molecule is CC(C)(C)[Si](O[C@H]1CC[C@@H]2[C@H]3CCC4=CC(=O)CC[C@]4(C)[C@@H]3CC[C@]12C)(c1ccccc1)c1ccccc1. The van der Waals surface area contributed by atoms with Crippen LogP contribution in [-0.2, 0) is 9.22 Å². The van der Waals surface area contributed by atoms with Gasteiger partial charge < -0.3 is 4.43 Å². The van der Waals surface area contributed by atoms with E-state index in [1.54, 1.807) is 0 Å². The molecule has 2 aromatic carbocycles. The van der Waals surface area contributed by atoms with Gasteiger partial charge in [-0.2, -0.15) is 0 Å². The minimum Gasteiger partial charge on any atom is -0.404 e. The van der Waals surface area contributed by atoms with E-state index in [-0.39, 0.29) is 22.0 Å². The van der Waals surface area contributed by atoms with Crippen LogP contribution in [0.1, 0.15) is 86.0 Å². The lowest BCUT2D eigenvalue weighted by molar-refractivity contribution is -0.117. The number of carbonyl (C=O) groups is 1. The predicted octanol–water partition coefficient (Wildman–Crippen LogP) is 7.46. The standard InChI is InChI=1S/C35H46O2Si/c1-33(2,3)38(27-12-8-6-9-13-27,28-14-10-7-11-15-28)37-32-19-18-30-29-17-16-25-24-26(36)20-22-34(25,4)31(29)21-23-35(30,32)5/h6-15,24,29-32H,16-23H2,1-5H3/t29-,30-,31-,32+,34+,35+/m1/s1. The molecule has 0 spiro atoms. The van der Waals surface area contributed by atoms with Gasteiger partial charge in [-0.15, -0.1) is 0 Å². The molecule has 6 atom stereocenters. The van der Waals surface area contributed by atoms with Gasteiger partial charge in [-0.05, 0) is 95.0 Å². The Hall–Kier alpha value is -1.97. The Bertz CT molecular complexity index is 1170. The third kappa shape index (κ3) is 3.86. The van der Waals surface area contributed by atoms with E-state index in [2.05, 4.69) is 95.3 Å². The molecule has 0 bridgehead atoms. The molecule has 2 nitrogen and oxygen atoms in total. The van der Waals surface area contributed by atoms with Crippen molar-refractivity contribution in [2.75, 3.05) is 0 Å². The summed E-state index contributed by atoms with van der Waals surface area (Å²) in [6, 6.07) is 22.4. The van der Waals surface area contributed by atoms with Gasteiger partial charge in [-0.25, -0.2) is 0 Å². The highest BCUT2D eigenvalue weighted by atomic mass is 28.4. The zero-order valence-corrected chi connectivity index (χ0v) is 25.1. The van der Waals surface area contributed by atoms with Crippen molar-refractivity contribution >= 4 is 24.5 Å². The fraction of sp³-hybridized carbons (Fsp3) is 0.571. The average molecular weight is 527 g/mol. The van der Waals surface area contributed by atoms with Crippen molar-refractivity contribution in [3.8, 4) is 0 Å². The molecular formula is C35H46O2Si. The third-order valence-corrected chi connectivity index (χ3v) is 16.7. The van der Waals surface area contributed by atoms with Gasteiger partial charge in [-0.3, -0.25) is 4.79 Å². The molecule has 202 valence electrons. The highest BCUT2D eigenvalue weighted by Crippen LogP contribution is 2.66. The number of rotatable bonds is 4. The number of allylic oxidation sites excluding steroid dienone is 1. The lowest BCUT2D eigenvalue weighted by Crippen LogP contribution is -2.68. The van der Waals surface area contributed by atoms with Crippen LogP contribution in [0.4, 0.5) is 0 Å². The number of fused-ring (bicyclic) bond motifs is 5. The maximum atomic E-state index is 12.3. The Labute approximate surface area is 231 Å². The van der Waals surface area contributed by atoms with Gasteiger partial charge >= 0.3 is 0 Å². The van der Waals surface area contributed by atoms with E-state index in [1.165, 1.54) is 48.1 Å². The van der Waals surface area contributed by atoms with Gasteiger partial charge in [0.1, 0.15) is 0 Å². The van der Waals surface area contributed by atoms with Crippen molar-refractivity contribution in [1.82, 2.24) is 0 Å². The van der Waals surface area contributed by atoms with Gasteiger partial charge in [0.2, 0.25) is 0 Å². The lowest BCUT2D eigenvalue weighted by atomic mass is 9.47. The largest absolute Gasteiger partial charge is 0.404 e. The molecule has 0 aromatic heterocycles. The second kappa shape index (κ2) is 9.30. The quantitative estimate of drug-likeness (QED) is 0.386. The molecular weight excluding hydrogens is 480 g/mol. The second-order valence-electron chi connectivity index (χ2n) is 14.4. The summed E-state index contributed by atoms with van der Waals surface area (Å²) < 4.78 is 7.82. The summed E-state index contributed by atoms with van der Waals surface area (Å²) in [5.41, 5.74) is 1.92. The molecule has 4 aliphatic rings. The topological polar surface area (TPSA) is 26.3 Å². The van der Waals surface area contributed by atoms with Crippen molar-refractivity contribution in [1.29, 1.82) is 0 Å². The Morgan fingerprint density at radius 3 is 2.03 bits per heavy atom. The van der Waals surface area contributed by atoms with Crippen LogP contribution in [0.5, 0.6) is 0 Å². The van der Waals surface area contributed by atoms with Gasteiger partial charge in [0.05, 0.1) is 6.10 Å². The molecule has 38 heavy (non-hydrogen) atoms. The van der Waals surface area contributed by atoms with E-state index in [0.717, 1.165) is 37.0 Å². The van der Waals surface area contributed by atoms with Crippen molar-refractivity contribution in [3.05, 3.63) is 72.3 Å². The summed E-state index contributed by atoms with van der Waals surface area (Å²) in [6.45, 7) is 12.3. The Balaban J connectivity index is 1.37. The van der Waals surface area contributed by atoms with E-state index in [4.69, 9.17) is 4.43 Å². The molecule has 2 aromatic rings. The van der Waals surface area contributed by atoms with Gasteiger partial charge in [0.15, 0.2) is 5.78 Å². The number of hydrogen-bond donors (Lipinski definition) is 0. The third-order valence-electron chi connectivity index (χ3n) is 11.6. The number of hydrogen-bond acceptors (Lipinski definition) is 2. The molecule has 0 heterocycles. The molecule has 3 saturated carbocycles. The van der Waals surface area contributed by atoms with Crippen LogP contribution in [0.3, 0.4) is 0 Å². The molecule has 0 radical (unpaired) electrons. The molecule has 3 fully saturated rings. The molecule has 0 N–H and O–H groups in total. The van der Waals surface area contributed by atoms with Gasteiger partial charge in [-0.1, -0.05) is 101 Å². The zero-order chi connectivity index (χ0) is 26.8. The van der Waals surface area contributed by atoms with E-state index in [9.17, 15) is 4.79 Å². The highest BCUT2D eigenvalue weighted by Gasteiger charge is 2.62. The Kier molecular flexibility index (Phi) is 6.43. The second-order valence-corrected chi connectivity index (χ2v) is 18.6. The average Bonchev–Trinajstić information content (AvgIpc) is 3.24. The fourth-order valence-electron chi connectivity index (χ4n) is 9.61. The summed E-state index contributed by atoms with van der Waals surface area (Å²) in [7, 11) is -2.58. The summed E-state index contributed by atoms with van der Waals surface area (Å²) in [5.74, 6) is 2.56. The number of benzene rings is 2. The first kappa shape index (κ1) is 26.3. The van der Waals surface area contributed by atoms with Crippen molar-refractivity contribution in [2.24, 2.45) is 28.6 Å². The summed E-state index contributed by atoms with van der Waals surface area (Å²) >= 11 is 0. The first-order valence-corrected chi connectivity index (χ1v) is 17.0. The van der Waals surface area contributed by atoms with Gasteiger partial charge in [0.25, 0.3) is 8.32 Å². The van der Waals surface area contributed by atoms with E-state index < -0.39 is 8.32 Å². The number of ketones is 1. The van der Waals surface area contributed by atoms with E-state index in [1.807, 2.05) is 6.08 Å². The van der Waals surface area contributed by atoms with E-state index >= 15 is 0 Å². The first-order chi connectivity index (χ1) is 18.1. The van der Waals surface area contributed by atoms with Crippen molar-refractivity contribution in [2.45, 2.75) is 97.1 Å². The Morgan fingerprint density at radius 2 is 1.42 bits per heavy atom. The van der Waals surface area contributed by atoms with Crippen LogP contribution >= 0.6 is 0 Å². The molecule has 6 rings (SSSR count). The summed E-state index contributed by atoms with van der Waals surface area (Å²) in [6.07, 6.45) is 11.5. The fourth-order valence-corrected chi connectivity index (χ4v) is 14.4. The van der Waals surface area contributed by atoms with Crippen LogP contribution in [-0.4, -0.2) is 20.2 Å². The van der Waals surface area contributed by atoms with Crippen LogP contribution in [0.2, 0.25) is 5.04 Å². The lowest BCUT2D eigenvalue weighted by Gasteiger charge is -2.58. The maximum Gasteiger partial charge on any atom is 0.261 e. The molecule has 0 amide bonds. The molecule has 4 aliphatic carbocycles. The smallest absolute Gasteiger partial charge is 0.261 e. The Morgan fingerprint density at radius 1 is 0.789 bits per heavy atom. The summed E-state index contributed by atoms with van der Waals surface area (Å²) in [4.78, 5) is 12.3. The molecule has 3 heteroatoms. The predicted molar refractivity (Wildman–Crippen MR) is 159 cm³/mol. The normalized spacial score (nSPS) is 35.2. The number of carbonyl (C=O) groups excluding carboxylic acids is 1. The zero-order valence-electron chi connectivity index (χ0n) is 24.1. The van der Waals surface area contributed by atoms with E-state index in [0.29, 0.717) is 5.78 Å². The maximum absolute atomic E-state index is 12.3. The van der Waals surface area contributed by atoms with Crippen molar-refractivity contribution in [3.63, 3.8) is 0 Å². The summed E-state index contributed by atoms with van der Waals surface area (Å²) in [5, 5.41) is 2.80. The van der Waals surface area contributed by atoms with Crippen LogP contribution < -0.4 is 10.4 Å². The first-order valence-electron chi connectivity index (χ1n) is 15.1.